The second kappa shape index (κ2) is 7.68. The van der Waals surface area contributed by atoms with E-state index in [1.165, 1.54) is 6.42 Å². The number of nitrogens with two attached hydrogens (primary N) is 1. The lowest BCUT2D eigenvalue weighted by Crippen LogP contribution is -2.37. The fourth-order valence-electron chi connectivity index (χ4n) is 2.05. The Morgan fingerprint density at radius 3 is 2.22 bits per heavy atom. The number of rotatable bonds is 6. The molecule has 1 fully saturated rings. The number of primary amides is 1. The predicted molar refractivity (Wildman–Crippen MR) is 66.5 cm³/mol. The first-order valence-corrected chi connectivity index (χ1v) is 6.42. The Hall–Kier alpha value is -1.59. The van der Waals surface area contributed by atoms with Crippen molar-refractivity contribution >= 4 is 17.7 Å². The summed E-state index contributed by atoms with van der Waals surface area (Å²) >= 11 is 0. The van der Waals surface area contributed by atoms with Gasteiger partial charge >= 0.3 is 0 Å². The van der Waals surface area contributed by atoms with Crippen LogP contribution >= 0.6 is 0 Å². The van der Waals surface area contributed by atoms with Crippen LogP contribution in [0.3, 0.4) is 0 Å². The average Bonchev–Trinajstić information content (AvgIpc) is 2.35. The van der Waals surface area contributed by atoms with E-state index in [9.17, 15) is 14.4 Å². The molecule has 1 rings (SSSR count). The van der Waals surface area contributed by atoms with Crippen molar-refractivity contribution in [1.29, 1.82) is 0 Å². The van der Waals surface area contributed by atoms with Gasteiger partial charge in [-0.05, 0) is 12.8 Å². The molecule has 1 aliphatic carbocycles. The SMILES string of the molecule is NC(=O)CNC(=O)CCC(=O)NC1CCCCC1. The van der Waals surface area contributed by atoms with E-state index in [0.29, 0.717) is 0 Å². The molecule has 6 nitrogen and oxygen atoms in total. The van der Waals surface area contributed by atoms with Crippen molar-refractivity contribution in [3.05, 3.63) is 0 Å². The molecule has 0 aromatic carbocycles. The lowest BCUT2D eigenvalue weighted by atomic mass is 9.95. The van der Waals surface area contributed by atoms with Crippen LogP contribution in [0.25, 0.3) is 0 Å². The van der Waals surface area contributed by atoms with Crippen molar-refractivity contribution in [1.82, 2.24) is 10.6 Å². The van der Waals surface area contributed by atoms with Crippen molar-refractivity contribution < 1.29 is 14.4 Å². The molecule has 18 heavy (non-hydrogen) atoms. The molecule has 3 amide bonds. The molecule has 0 aromatic heterocycles. The fraction of sp³-hybridized carbons (Fsp3) is 0.750. The van der Waals surface area contributed by atoms with Gasteiger partial charge in [-0.3, -0.25) is 14.4 Å². The summed E-state index contributed by atoms with van der Waals surface area (Å²) in [4.78, 5) is 33.2. The smallest absolute Gasteiger partial charge is 0.236 e. The number of carbonyl (C=O) groups is 3. The summed E-state index contributed by atoms with van der Waals surface area (Å²) in [6, 6.07) is 0.264. The van der Waals surface area contributed by atoms with Crippen LogP contribution in [-0.2, 0) is 14.4 Å². The Kier molecular flexibility index (Phi) is 6.18. The van der Waals surface area contributed by atoms with E-state index >= 15 is 0 Å². The Morgan fingerprint density at radius 1 is 1.00 bits per heavy atom. The third kappa shape index (κ3) is 6.22. The van der Waals surface area contributed by atoms with E-state index in [4.69, 9.17) is 5.73 Å². The number of nitrogens with one attached hydrogen (secondary N) is 2. The van der Waals surface area contributed by atoms with Crippen LogP contribution in [0.5, 0.6) is 0 Å². The Bertz CT molecular complexity index is 312. The lowest BCUT2D eigenvalue weighted by Gasteiger charge is -2.22. The molecule has 0 aliphatic heterocycles. The van der Waals surface area contributed by atoms with Crippen LogP contribution in [0, 0.1) is 0 Å². The molecule has 0 unspecified atom stereocenters. The summed E-state index contributed by atoms with van der Waals surface area (Å²) in [5, 5.41) is 5.28. The third-order valence-electron chi connectivity index (χ3n) is 3.01. The van der Waals surface area contributed by atoms with Crippen LogP contribution in [0.4, 0.5) is 0 Å². The molecule has 0 radical (unpaired) electrons. The van der Waals surface area contributed by atoms with Gasteiger partial charge in [0.2, 0.25) is 17.7 Å². The zero-order valence-electron chi connectivity index (χ0n) is 10.5. The first kappa shape index (κ1) is 14.5. The van der Waals surface area contributed by atoms with Gasteiger partial charge in [-0.25, -0.2) is 0 Å². The first-order chi connectivity index (χ1) is 8.58. The van der Waals surface area contributed by atoms with Gasteiger partial charge in [0.25, 0.3) is 0 Å². The molecule has 1 saturated carbocycles. The number of hydrogen-bond donors (Lipinski definition) is 3. The van der Waals surface area contributed by atoms with Gasteiger partial charge in [0.1, 0.15) is 0 Å². The maximum Gasteiger partial charge on any atom is 0.236 e. The van der Waals surface area contributed by atoms with Crippen molar-refractivity contribution in [2.75, 3.05) is 6.54 Å². The second-order valence-corrected chi connectivity index (χ2v) is 4.65. The summed E-state index contributed by atoms with van der Waals surface area (Å²) in [5.41, 5.74) is 4.89. The summed E-state index contributed by atoms with van der Waals surface area (Å²) in [7, 11) is 0. The highest BCUT2D eigenvalue weighted by Gasteiger charge is 2.16. The standard InChI is InChI=1S/C12H21N3O3/c13-10(16)8-14-11(17)6-7-12(18)15-9-4-2-1-3-5-9/h9H,1-8H2,(H2,13,16)(H,14,17)(H,15,18). The molecule has 102 valence electrons. The summed E-state index contributed by atoms with van der Waals surface area (Å²) < 4.78 is 0. The van der Waals surface area contributed by atoms with Crippen molar-refractivity contribution in [2.24, 2.45) is 5.73 Å². The van der Waals surface area contributed by atoms with Crippen LogP contribution < -0.4 is 16.4 Å². The monoisotopic (exact) mass is 255 g/mol. The van der Waals surface area contributed by atoms with Crippen LogP contribution in [0.15, 0.2) is 0 Å². The highest BCUT2D eigenvalue weighted by Crippen LogP contribution is 2.17. The Labute approximate surface area is 107 Å². The maximum atomic E-state index is 11.6. The van der Waals surface area contributed by atoms with Gasteiger partial charge in [0.15, 0.2) is 0 Å². The van der Waals surface area contributed by atoms with E-state index < -0.39 is 5.91 Å². The quantitative estimate of drug-likeness (QED) is 0.613. The number of carbonyl (C=O) groups excluding carboxylic acids is 3. The van der Waals surface area contributed by atoms with Gasteiger partial charge in [-0.1, -0.05) is 19.3 Å². The predicted octanol–water partition coefficient (Wildman–Crippen LogP) is -0.183. The highest BCUT2D eigenvalue weighted by atomic mass is 16.2. The number of amides is 3. The molecule has 0 bridgehead atoms. The van der Waals surface area contributed by atoms with Gasteiger partial charge in [-0.15, -0.1) is 0 Å². The minimum atomic E-state index is -0.588. The van der Waals surface area contributed by atoms with E-state index in [-0.39, 0.29) is 37.2 Å². The van der Waals surface area contributed by atoms with Crippen LogP contribution in [0.1, 0.15) is 44.9 Å². The maximum absolute atomic E-state index is 11.6. The third-order valence-corrected chi connectivity index (χ3v) is 3.01. The van der Waals surface area contributed by atoms with Gasteiger partial charge < -0.3 is 16.4 Å². The number of hydrogen-bond acceptors (Lipinski definition) is 3. The van der Waals surface area contributed by atoms with Crippen LogP contribution in [-0.4, -0.2) is 30.3 Å². The molecule has 0 heterocycles. The van der Waals surface area contributed by atoms with Crippen molar-refractivity contribution in [3.63, 3.8) is 0 Å². The molecule has 0 atom stereocenters. The summed E-state index contributed by atoms with van der Waals surface area (Å²) in [6.07, 6.45) is 5.85. The molecule has 0 aromatic rings. The molecule has 0 spiro atoms. The molecule has 0 saturated heterocycles. The van der Waals surface area contributed by atoms with E-state index in [0.717, 1.165) is 25.7 Å². The fourth-order valence-corrected chi connectivity index (χ4v) is 2.05. The zero-order valence-corrected chi connectivity index (χ0v) is 10.5. The largest absolute Gasteiger partial charge is 0.368 e. The van der Waals surface area contributed by atoms with Crippen molar-refractivity contribution in [3.8, 4) is 0 Å². The van der Waals surface area contributed by atoms with Gasteiger partial charge in [-0.2, -0.15) is 0 Å². The molecule has 4 N–H and O–H groups in total. The van der Waals surface area contributed by atoms with Crippen LogP contribution in [0.2, 0.25) is 0 Å². The Morgan fingerprint density at radius 2 is 1.61 bits per heavy atom. The average molecular weight is 255 g/mol. The minimum Gasteiger partial charge on any atom is -0.368 e. The summed E-state index contributed by atoms with van der Waals surface area (Å²) in [6.45, 7) is -0.178. The van der Waals surface area contributed by atoms with Gasteiger partial charge in [0.05, 0.1) is 6.54 Å². The molecule has 6 heteroatoms. The van der Waals surface area contributed by atoms with E-state index in [2.05, 4.69) is 10.6 Å². The molecule has 1 aliphatic rings. The molecular formula is C12H21N3O3. The van der Waals surface area contributed by atoms with E-state index in [1.54, 1.807) is 0 Å². The summed E-state index contributed by atoms with van der Waals surface area (Å²) in [5.74, 6) is -1.02. The zero-order chi connectivity index (χ0) is 13.4. The van der Waals surface area contributed by atoms with Crippen molar-refractivity contribution in [2.45, 2.75) is 51.0 Å². The normalized spacial score (nSPS) is 16.0. The Balaban J connectivity index is 2.12. The topological polar surface area (TPSA) is 101 Å². The van der Waals surface area contributed by atoms with E-state index in [1.807, 2.05) is 0 Å². The highest BCUT2D eigenvalue weighted by molar-refractivity contribution is 5.86. The minimum absolute atomic E-state index is 0.0891. The van der Waals surface area contributed by atoms with Gasteiger partial charge in [0, 0.05) is 18.9 Å². The first-order valence-electron chi connectivity index (χ1n) is 6.42. The lowest BCUT2D eigenvalue weighted by molar-refractivity contribution is -0.127. The molecular weight excluding hydrogens is 234 g/mol. The second-order valence-electron chi connectivity index (χ2n) is 4.65.